The van der Waals surface area contributed by atoms with Gasteiger partial charge in [0.2, 0.25) is 5.91 Å². The number of aliphatic hydroxyl groups excluding tert-OH is 2. The second-order valence-electron chi connectivity index (χ2n) is 24.9. The molecule has 78 heavy (non-hydrogen) atoms. The van der Waals surface area contributed by atoms with Crippen molar-refractivity contribution in [3.63, 3.8) is 0 Å². The number of ether oxygens (including phenoxy) is 1. The molecule has 6 nitrogen and oxygen atoms in total. The first-order chi connectivity index (χ1) is 38.5. The molecule has 0 aliphatic rings. The number of esters is 1. The second kappa shape index (κ2) is 68.1. The molecule has 0 bridgehead atoms. The number of carbonyl (C=O) groups is 2. The highest BCUT2D eigenvalue weighted by Crippen LogP contribution is 2.19. The maximum atomic E-state index is 12.5. The van der Waals surface area contributed by atoms with Crippen molar-refractivity contribution in [2.75, 3.05) is 13.2 Å². The quantitative estimate of drug-likeness (QED) is 0.0320. The molecule has 0 radical (unpaired) electrons. The minimum atomic E-state index is -0.658. The third-order valence-corrected chi connectivity index (χ3v) is 17.1. The van der Waals surface area contributed by atoms with E-state index in [1.54, 1.807) is 0 Å². The highest BCUT2D eigenvalue weighted by atomic mass is 16.5. The summed E-state index contributed by atoms with van der Waals surface area (Å²) in [6.45, 7) is 4.97. The zero-order valence-corrected chi connectivity index (χ0v) is 53.2. The number of carbonyl (C=O) groups excluding carboxylic acids is 2. The fourth-order valence-corrected chi connectivity index (χ4v) is 11.6. The number of hydrogen-bond donors (Lipinski definition) is 3. The monoisotopic (exact) mass is 1100 g/mol. The van der Waals surface area contributed by atoms with Crippen LogP contribution in [-0.2, 0) is 14.3 Å². The van der Waals surface area contributed by atoms with Crippen LogP contribution in [0.2, 0.25) is 0 Å². The summed E-state index contributed by atoms with van der Waals surface area (Å²) in [6.07, 6.45) is 84.3. The van der Waals surface area contributed by atoms with Crippen molar-refractivity contribution in [2.24, 2.45) is 0 Å². The molecule has 2 atom stereocenters. The number of nitrogens with one attached hydrogen (secondary N) is 1. The Kier molecular flexibility index (Phi) is 66.9. The van der Waals surface area contributed by atoms with Gasteiger partial charge in [-0.15, -0.1) is 0 Å². The summed E-state index contributed by atoms with van der Waals surface area (Å²) in [7, 11) is 0. The molecule has 0 heterocycles. The number of aliphatic hydroxyl groups is 2. The van der Waals surface area contributed by atoms with E-state index < -0.39 is 12.1 Å². The summed E-state index contributed by atoms with van der Waals surface area (Å²) < 4.78 is 5.50. The van der Waals surface area contributed by atoms with Gasteiger partial charge in [0, 0.05) is 12.8 Å². The van der Waals surface area contributed by atoms with Gasteiger partial charge in [0.25, 0.3) is 0 Å². The lowest BCUT2D eigenvalue weighted by Crippen LogP contribution is -2.45. The molecule has 0 fully saturated rings. The van der Waals surface area contributed by atoms with E-state index in [1.165, 1.54) is 334 Å². The molecular formula is C72H141NO5. The Hall–Kier alpha value is -1.40. The fraction of sp³-hybridized carbons (Fsp3) is 0.944. The zero-order chi connectivity index (χ0) is 56.4. The van der Waals surface area contributed by atoms with Crippen molar-refractivity contribution in [2.45, 2.75) is 424 Å². The lowest BCUT2D eigenvalue weighted by atomic mass is 10.0. The van der Waals surface area contributed by atoms with Crippen LogP contribution in [0.3, 0.4) is 0 Å². The molecule has 464 valence electrons. The molecule has 0 saturated carbocycles. The van der Waals surface area contributed by atoms with Crippen LogP contribution < -0.4 is 5.32 Å². The van der Waals surface area contributed by atoms with E-state index >= 15 is 0 Å². The van der Waals surface area contributed by atoms with E-state index in [0.29, 0.717) is 25.9 Å². The smallest absolute Gasteiger partial charge is 0.305 e. The summed E-state index contributed by atoms with van der Waals surface area (Å²) >= 11 is 0. The van der Waals surface area contributed by atoms with E-state index in [2.05, 4.69) is 31.3 Å². The Balaban J connectivity index is 3.28. The maximum Gasteiger partial charge on any atom is 0.305 e. The van der Waals surface area contributed by atoms with Crippen LogP contribution in [0.15, 0.2) is 12.2 Å². The average Bonchev–Trinajstić information content (AvgIpc) is 3.44. The number of unbranched alkanes of at least 4 members (excludes halogenated alkanes) is 55. The van der Waals surface area contributed by atoms with Crippen LogP contribution in [0.25, 0.3) is 0 Å². The topological polar surface area (TPSA) is 95.9 Å². The van der Waals surface area contributed by atoms with Gasteiger partial charge in [0.05, 0.1) is 25.4 Å². The van der Waals surface area contributed by atoms with Crippen LogP contribution in [0.5, 0.6) is 0 Å². The predicted octanol–water partition coefficient (Wildman–Crippen LogP) is 23.1. The van der Waals surface area contributed by atoms with Crippen molar-refractivity contribution in [1.29, 1.82) is 0 Å². The number of hydrogen-bond acceptors (Lipinski definition) is 5. The van der Waals surface area contributed by atoms with Gasteiger partial charge in [-0.3, -0.25) is 9.59 Å². The third-order valence-electron chi connectivity index (χ3n) is 17.1. The summed E-state index contributed by atoms with van der Waals surface area (Å²) in [5, 5.41) is 23.2. The Labute approximate surface area is 489 Å². The van der Waals surface area contributed by atoms with Crippen molar-refractivity contribution < 1.29 is 24.5 Å². The predicted molar refractivity (Wildman–Crippen MR) is 343 cm³/mol. The number of allylic oxidation sites excluding steroid dienone is 2. The lowest BCUT2D eigenvalue weighted by molar-refractivity contribution is -0.143. The zero-order valence-electron chi connectivity index (χ0n) is 53.2. The van der Waals surface area contributed by atoms with Crippen LogP contribution in [0.1, 0.15) is 412 Å². The molecule has 0 aromatic carbocycles. The number of amides is 1. The van der Waals surface area contributed by atoms with Gasteiger partial charge in [-0.25, -0.2) is 0 Å². The number of rotatable bonds is 68. The van der Waals surface area contributed by atoms with Crippen molar-refractivity contribution >= 4 is 11.9 Å². The summed E-state index contributed by atoms with van der Waals surface area (Å²) in [4.78, 5) is 24.5. The standard InChI is InChI=1S/C72H141NO5/c1-3-5-7-9-11-13-15-16-38-42-46-50-54-58-62-66-72(77)78-67-63-59-55-51-47-43-40-37-35-33-31-29-27-25-23-21-19-17-18-20-22-24-26-28-30-32-34-36-39-41-45-49-53-57-61-65-71(76)73-69(68-74)70(75)64-60-56-52-48-44-14-12-10-8-6-4-2/h16,38,69-70,74-75H,3-15,17-37,39-68H2,1-2H3,(H,73,76)/b38-16-. The van der Waals surface area contributed by atoms with Crippen LogP contribution in [0, 0.1) is 0 Å². The highest BCUT2D eigenvalue weighted by Gasteiger charge is 2.20. The van der Waals surface area contributed by atoms with Gasteiger partial charge in [-0.05, 0) is 51.4 Å². The van der Waals surface area contributed by atoms with Gasteiger partial charge < -0.3 is 20.3 Å². The largest absolute Gasteiger partial charge is 0.466 e. The van der Waals surface area contributed by atoms with Gasteiger partial charge in [-0.1, -0.05) is 360 Å². The first-order valence-electron chi connectivity index (χ1n) is 35.9. The maximum absolute atomic E-state index is 12.5. The molecule has 0 aromatic rings. The van der Waals surface area contributed by atoms with Crippen LogP contribution in [-0.4, -0.2) is 47.4 Å². The van der Waals surface area contributed by atoms with Gasteiger partial charge in [0.1, 0.15) is 0 Å². The summed E-state index contributed by atoms with van der Waals surface area (Å²) in [6, 6.07) is -0.535. The Morgan fingerprint density at radius 1 is 0.346 bits per heavy atom. The Morgan fingerprint density at radius 2 is 0.603 bits per heavy atom. The third kappa shape index (κ3) is 63.8. The van der Waals surface area contributed by atoms with Gasteiger partial charge >= 0.3 is 5.97 Å². The average molecular weight is 1100 g/mol. The molecule has 0 aromatic heterocycles. The van der Waals surface area contributed by atoms with E-state index in [4.69, 9.17) is 4.74 Å². The fourth-order valence-electron chi connectivity index (χ4n) is 11.6. The molecule has 6 heteroatoms. The van der Waals surface area contributed by atoms with E-state index in [-0.39, 0.29) is 18.5 Å². The normalized spacial score (nSPS) is 12.5. The first kappa shape index (κ1) is 76.6. The molecule has 0 saturated heterocycles. The molecule has 0 aliphatic heterocycles. The van der Waals surface area contributed by atoms with Crippen molar-refractivity contribution in [3.05, 3.63) is 12.2 Å². The first-order valence-corrected chi connectivity index (χ1v) is 35.9. The van der Waals surface area contributed by atoms with E-state index in [1.807, 2.05) is 0 Å². The van der Waals surface area contributed by atoms with Gasteiger partial charge in [-0.2, -0.15) is 0 Å². The second-order valence-corrected chi connectivity index (χ2v) is 24.9. The molecule has 0 spiro atoms. The van der Waals surface area contributed by atoms with Crippen LogP contribution >= 0.6 is 0 Å². The van der Waals surface area contributed by atoms with Crippen molar-refractivity contribution in [3.8, 4) is 0 Å². The lowest BCUT2D eigenvalue weighted by Gasteiger charge is -2.22. The van der Waals surface area contributed by atoms with Gasteiger partial charge in [0.15, 0.2) is 0 Å². The molecule has 0 aliphatic carbocycles. The minimum Gasteiger partial charge on any atom is -0.466 e. The molecule has 0 rings (SSSR count). The molecular weight excluding hydrogens is 959 g/mol. The SMILES string of the molecule is CCCCCCCC/C=C\CCCCCCCC(=O)OCCCCCCCCCCCCCCCCCCCCCCCCCCCCCCCCCCCCCC(=O)NC(CO)C(O)CCCCCCCCCCCCC. The molecule has 2 unspecified atom stereocenters. The highest BCUT2D eigenvalue weighted by molar-refractivity contribution is 5.76. The Morgan fingerprint density at radius 3 is 0.910 bits per heavy atom. The summed E-state index contributed by atoms with van der Waals surface area (Å²) in [5.41, 5.74) is 0. The molecule has 1 amide bonds. The minimum absolute atomic E-state index is 0.0154. The van der Waals surface area contributed by atoms with E-state index in [0.717, 1.165) is 44.9 Å². The Bertz CT molecular complexity index is 1180. The van der Waals surface area contributed by atoms with E-state index in [9.17, 15) is 19.8 Å². The van der Waals surface area contributed by atoms with Crippen molar-refractivity contribution in [1.82, 2.24) is 5.32 Å². The van der Waals surface area contributed by atoms with Crippen LogP contribution in [0.4, 0.5) is 0 Å². The molecule has 3 N–H and O–H groups in total. The summed E-state index contributed by atoms with van der Waals surface area (Å²) in [5.74, 6) is -0.0129.